The van der Waals surface area contributed by atoms with E-state index in [1.54, 1.807) is 0 Å². The van der Waals surface area contributed by atoms with Gasteiger partial charge in [0.2, 0.25) is 0 Å². The lowest BCUT2D eigenvalue weighted by Gasteiger charge is -2.17. The molecule has 3 heteroatoms. The van der Waals surface area contributed by atoms with Crippen molar-refractivity contribution in [1.82, 2.24) is 5.32 Å². The molecule has 112 valence electrons. The lowest BCUT2D eigenvalue weighted by Crippen LogP contribution is -2.31. The zero-order valence-electron chi connectivity index (χ0n) is 12.4. The number of likely N-dealkylation sites (N-methyl/N-ethyl adjacent to an activating group) is 1. The molecule has 2 aromatic rings. The average Bonchev–Trinajstić information content (AvgIpc) is 2.53. The van der Waals surface area contributed by atoms with E-state index in [4.69, 9.17) is 16.3 Å². The normalized spacial score (nSPS) is 12.1. The summed E-state index contributed by atoms with van der Waals surface area (Å²) in [4.78, 5) is 0. The average molecular weight is 304 g/mol. The van der Waals surface area contributed by atoms with Crippen LogP contribution in [0.1, 0.15) is 18.4 Å². The van der Waals surface area contributed by atoms with E-state index in [1.807, 2.05) is 31.3 Å². The Morgan fingerprint density at radius 1 is 1.05 bits per heavy atom. The molecule has 0 saturated heterocycles. The lowest BCUT2D eigenvalue weighted by atomic mass is 10.1. The molecule has 1 unspecified atom stereocenters. The van der Waals surface area contributed by atoms with Crippen molar-refractivity contribution in [2.75, 3.05) is 13.7 Å². The van der Waals surface area contributed by atoms with Crippen LogP contribution in [0.2, 0.25) is 5.02 Å². The van der Waals surface area contributed by atoms with Gasteiger partial charge in [-0.1, -0.05) is 41.9 Å². The highest BCUT2D eigenvalue weighted by atomic mass is 35.5. The lowest BCUT2D eigenvalue weighted by molar-refractivity contribution is 0.261. The number of hydrogen-bond donors (Lipinski definition) is 1. The van der Waals surface area contributed by atoms with Crippen LogP contribution in [-0.4, -0.2) is 19.7 Å². The predicted molar refractivity (Wildman–Crippen MR) is 89.2 cm³/mol. The zero-order valence-corrected chi connectivity index (χ0v) is 13.1. The molecule has 0 aliphatic heterocycles. The molecule has 0 amide bonds. The first kappa shape index (κ1) is 15.9. The molecule has 0 fully saturated rings. The minimum atomic E-state index is 0.365. The van der Waals surface area contributed by atoms with E-state index >= 15 is 0 Å². The summed E-state index contributed by atoms with van der Waals surface area (Å²) in [6.07, 6.45) is 3.36. The van der Waals surface area contributed by atoms with Crippen LogP contribution >= 0.6 is 11.6 Å². The summed E-state index contributed by atoms with van der Waals surface area (Å²) in [5, 5.41) is 4.05. The van der Waals surface area contributed by atoms with Crippen molar-refractivity contribution < 1.29 is 4.74 Å². The number of aryl methyl sites for hydroxylation is 1. The Bertz CT molecular complexity index is 513. The smallest absolute Gasteiger partial charge is 0.119 e. The Kier molecular flexibility index (Phi) is 6.58. The van der Waals surface area contributed by atoms with Crippen molar-refractivity contribution in [3.05, 3.63) is 65.2 Å². The molecule has 0 spiro atoms. The van der Waals surface area contributed by atoms with Crippen LogP contribution in [0.25, 0.3) is 0 Å². The second-order valence-electron chi connectivity index (χ2n) is 5.13. The van der Waals surface area contributed by atoms with Gasteiger partial charge < -0.3 is 10.1 Å². The van der Waals surface area contributed by atoms with E-state index in [-0.39, 0.29) is 0 Å². The van der Waals surface area contributed by atoms with Crippen molar-refractivity contribution >= 4 is 11.6 Å². The van der Waals surface area contributed by atoms with Gasteiger partial charge in [-0.15, -0.1) is 0 Å². The molecule has 0 aliphatic carbocycles. The van der Waals surface area contributed by atoms with Gasteiger partial charge in [0.05, 0.1) is 0 Å². The van der Waals surface area contributed by atoms with Crippen molar-refractivity contribution in [2.24, 2.45) is 0 Å². The second kappa shape index (κ2) is 8.71. The summed E-state index contributed by atoms with van der Waals surface area (Å²) in [7, 11) is 1.98. The number of halogens is 1. The summed E-state index contributed by atoms with van der Waals surface area (Å²) in [6, 6.07) is 18.5. The number of hydrogen-bond acceptors (Lipinski definition) is 2. The van der Waals surface area contributed by atoms with Gasteiger partial charge in [0.1, 0.15) is 12.4 Å². The van der Waals surface area contributed by atoms with Gasteiger partial charge in [-0.3, -0.25) is 0 Å². The Hall–Kier alpha value is -1.51. The van der Waals surface area contributed by atoms with E-state index < -0.39 is 0 Å². The molecule has 0 aromatic heterocycles. The van der Waals surface area contributed by atoms with Crippen LogP contribution < -0.4 is 10.1 Å². The quantitative estimate of drug-likeness (QED) is 0.784. The highest BCUT2D eigenvalue weighted by molar-refractivity contribution is 6.30. The first-order valence-corrected chi connectivity index (χ1v) is 7.75. The van der Waals surface area contributed by atoms with Crippen molar-refractivity contribution in [2.45, 2.75) is 25.3 Å². The molecule has 0 saturated carbocycles. The highest BCUT2D eigenvalue weighted by Gasteiger charge is 2.07. The molecule has 0 radical (unpaired) electrons. The third-order valence-electron chi connectivity index (χ3n) is 3.53. The predicted octanol–water partition coefficient (Wildman–Crippen LogP) is 4.33. The van der Waals surface area contributed by atoms with Gasteiger partial charge in [0, 0.05) is 11.1 Å². The molecule has 1 atom stereocenters. The maximum absolute atomic E-state index is 5.86. The first-order chi connectivity index (χ1) is 10.3. The fourth-order valence-corrected chi connectivity index (χ4v) is 2.36. The summed E-state index contributed by atoms with van der Waals surface area (Å²) < 4.78 is 5.80. The van der Waals surface area contributed by atoms with E-state index in [2.05, 4.69) is 35.6 Å². The standard InChI is InChI=1S/C18H22ClNO/c1-20-17(9-5-8-15-6-3-2-4-7-15)14-21-18-12-10-16(19)11-13-18/h2-4,6-7,10-13,17,20H,5,8-9,14H2,1H3. The fourth-order valence-electron chi connectivity index (χ4n) is 2.24. The van der Waals surface area contributed by atoms with Crippen molar-refractivity contribution in [1.29, 1.82) is 0 Å². The molecular weight excluding hydrogens is 282 g/mol. The van der Waals surface area contributed by atoms with Gasteiger partial charge in [-0.25, -0.2) is 0 Å². The highest BCUT2D eigenvalue weighted by Crippen LogP contribution is 2.16. The van der Waals surface area contributed by atoms with Gasteiger partial charge in [-0.05, 0) is 56.1 Å². The third kappa shape index (κ3) is 5.78. The number of benzene rings is 2. The number of nitrogens with one attached hydrogen (secondary N) is 1. The zero-order chi connectivity index (χ0) is 14.9. The van der Waals surface area contributed by atoms with Gasteiger partial charge in [0.25, 0.3) is 0 Å². The van der Waals surface area contributed by atoms with Crippen molar-refractivity contribution in [3.63, 3.8) is 0 Å². The molecule has 2 nitrogen and oxygen atoms in total. The first-order valence-electron chi connectivity index (χ1n) is 7.37. The Morgan fingerprint density at radius 2 is 1.76 bits per heavy atom. The third-order valence-corrected chi connectivity index (χ3v) is 3.79. The molecule has 2 rings (SSSR count). The minimum absolute atomic E-state index is 0.365. The second-order valence-corrected chi connectivity index (χ2v) is 5.56. The van der Waals surface area contributed by atoms with Crippen LogP contribution in [0.15, 0.2) is 54.6 Å². The Morgan fingerprint density at radius 3 is 2.43 bits per heavy atom. The van der Waals surface area contributed by atoms with E-state index in [9.17, 15) is 0 Å². The summed E-state index contributed by atoms with van der Waals surface area (Å²) in [5.74, 6) is 0.864. The van der Waals surface area contributed by atoms with Crippen LogP contribution in [-0.2, 0) is 6.42 Å². The maximum atomic E-state index is 5.86. The molecule has 0 aliphatic rings. The van der Waals surface area contributed by atoms with Crippen molar-refractivity contribution in [3.8, 4) is 5.75 Å². The fraction of sp³-hybridized carbons (Fsp3) is 0.333. The largest absolute Gasteiger partial charge is 0.492 e. The molecule has 2 aromatic carbocycles. The summed E-state index contributed by atoms with van der Waals surface area (Å²) in [6.45, 7) is 0.674. The molecule has 0 bridgehead atoms. The molecular formula is C18H22ClNO. The number of ether oxygens (including phenoxy) is 1. The van der Waals surface area contributed by atoms with Gasteiger partial charge >= 0.3 is 0 Å². The Balaban J connectivity index is 1.71. The van der Waals surface area contributed by atoms with Crippen LogP contribution in [0.3, 0.4) is 0 Å². The topological polar surface area (TPSA) is 21.3 Å². The van der Waals surface area contributed by atoms with Crippen LogP contribution in [0.5, 0.6) is 5.75 Å². The Labute approximate surface area is 132 Å². The van der Waals surface area contributed by atoms with Crippen LogP contribution in [0.4, 0.5) is 0 Å². The van der Waals surface area contributed by atoms with E-state index in [0.29, 0.717) is 12.6 Å². The maximum Gasteiger partial charge on any atom is 0.119 e. The summed E-state index contributed by atoms with van der Waals surface area (Å²) in [5.41, 5.74) is 1.39. The van der Waals surface area contributed by atoms with Gasteiger partial charge in [-0.2, -0.15) is 0 Å². The monoisotopic (exact) mass is 303 g/mol. The minimum Gasteiger partial charge on any atom is -0.492 e. The van der Waals surface area contributed by atoms with Crippen LogP contribution in [0, 0.1) is 0 Å². The van der Waals surface area contributed by atoms with Gasteiger partial charge in [0.15, 0.2) is 0 Å². The molecule has 1 N–H and O–H groups in total. The summed E-state index contributed by atoms with van der Waals surface area (Å²) >= 11 is 5.86. The molecule has 21 heavy (non-hydrogen) atoms. The molecule has 0 heterocycles. The SMILES string of the molecule is CNC(CCCc1ccccc1)COc1ccc(Cl)cc1. The number of rotatable bonds is 8. The van der Waals surface area contributed by atoms with E-state index in [0.717, 1.165) is 30.0 Å². The van der Waals surface area contributed by atoms with E-state index in [1.165, 1.54) is 5.56 Å².